The second-order valence-electron chi connectivity index (χ2n) is 4.92. The molecule has 0 spiro atoms. The number of rotatable bonds is 3. The van der Waals surface area contributed by atoms with Gasteiger partial charge in [0.05, 0.1) is 11.2 Å². The van der Waals surface area contributed by atoms with E-state index in [9.17, 15) is 8.78 Å². The van der Waals surface area contributed by atoms with E-state index >= 15 is 0 Å². The van der Waals surface area contributed by atoms with E-state index in [0.717, 1.165) is 0 Å². The van der Waals surface area contributed by atoms with E-state index in [0.29, 0.717) is 0 Å². The Hall–Kier alpha value is -0.195. The molecule has 0 amide bonds. The first-order valence-corrected chi connectivity index (χ1v) is 5.05. The van der Waals surface area contributed by atoms with Crippen LogP contribution in [0, 0.1) is 0 Å². The Morgan fingerprint density at radius 3 is 1.87 bits per heavy atom. The van der Waals surface area contributed by atoms with Crippen molar-refractivity contribution in [2.24, 2.45) is 5.73 Å². The molecule has 1 saturated heterocycles. The molecule has 1 aliphatic rings. The van der Waals surface area contributed by atoms with Crippen molar-refractivity contribution in [3.63, 3.8) is 0 Å². The van der Waals surface area contributed by atoms with Gasteiger partial charge in [0.2, 0.25) is 6.43 Å². The van der Waals surface area contributed by atoms with E-state index in [1.54, 1.807) is 0 Å². The molecule has 0 aromatic heterocycles. The normalized spacial score (nSPS) is 26.0. The first-order valence-electron chi connectivity index (χ1n) is 5.05. The molecule has 1 aliphatic heterocycles. The molecule has 88 valence electrons. The van der Waals surface area contributed by atoms with Gasteiger partial charge >= 0.3 is 7.12 Å². The van der Waals surface area contributed by atoms with Gasteiger partial charge in [0, 0.05) is 12.4 Å². The first kappa shape index (κ1) is 12.9. The van der Waals surface area contributed by atoms with Crippen molar-refractivity contribution in [3.8, 4) is 0 Å². The third kappa shape index (κ3) is 2.68. The fourth-order valence-electron chi connectivity index (χ4n) is 1.38. The molecule has 0 aromatic carbocycles. The molecule has 0 bridgehead atoms. The van der Waals surface area contributed by atoms with Crippen LogP contribution in [-0.2, 0) is 9.31 Å². The monoisotopic (exact) mass is 221 g/mol. The fraction of sp³-hybridized carbons (Fsp3) is 1.00. The molecule has 15 heavy (non-hydrogen) atoms. The summed E-state index contributed by atoms with van der Waals surface area (Å²) in [6, 6.07) is 0. The highest BCUT2D eigenvalue weighted by atomic mass is 19.3. The third-order valence-electron chi connectivity index (χ3n) is 3.07. The second kappa shape index (κ2) is 3.99. The Labute approximate surface area is 89.4 Å². The number of nitrogens with two attached hydrogens (primary N) is 1. The lowest BCUT2D eigenvalue weighted by Crippen LogP contribution is -2.42. The molecule has 0 aliphatic carbocycles. The SMILES string of the molecule is CC1(C)OB(C(N)CC(F)F)OC1(C)C. The number of hydrogen-bond acceptors (Lipinski definition) is 3. The lowest BCUT2D eigenvalue weighted by Gasteiger charge is -2.32. The average Bonchev–Trinajstić information content (AvgIpc) is 2.20. The first-order chi connectivity index (χ1) is 6.66. The van der Waals surface area contributed by atoms with Crippen LogP contribution >= 0.6 is 0 Å². The van der Waals surface area contributed by atoms with Gasteiger partial charge < -0.3 is 15.0 Å². The Bertz CT molecular complexity index is 220. The van der Waals surface area contributed by atoms with Gasteiger partial charge in [0.15, 0.2) is 0 Å². The fourth-order valence-corrected chi connectivity index (χ4v) is 1.38. The van der Waals surface area contributed by atoms with Crippen molar-refractivity contribution < 1.29 is 18.1 Å². The maximum atomic E-state index is 12.1. The summed E-state index contributed by atoms with van der Waals surface area (Å²) in [6.45, 7) is 7.45. The minimum absolute atomic E-state index is 0.406. The standard InChI is InChI=1S/C9H18BF2NO2/c1-8(2)9(3,4)15-10(14-8)6(13)5-7(11)12/h6-7H,5,13H2,1-4H3. The molecule has 0 radical (unpaired) electrons. The van der Waals surface area contributed by atoms with Gasteiger partial charge in [-0.2, -0.15) is 0 Å². The molecule has 1 fully saturated rings. The van der Waals surface area contributed by atoms with Crippen molar-refractivity contribution in [1.82, 2.24) is 0 Å². The van der Waals surface area contributed by atoms with Crippen LogP contribution in [-0.4, -0.2) is 30.7 Å². The summed E-state index contributed by atoms with van der Waals surface area (Å²) in [5.41, 5.74) is 4.56. The Morgan fingerprint density at radius 2 is 1.53 bits per heavy atom. The second-order valence-corrected chi connectivity index (χ2v) is 4.92. The van der Waals surface area contributed by atoms with Crippen LogP contribution in [0.1, 0.15) is 34.1 Å². The number of halogens is 2. The molecule has 0 saturated carbocycles. The maximum Gasteiger partial charge on any atom is 0.475 e. The predicted molar refractivity (Wildman–Crippen MR) is 54.7 cm³/mol. The lowest BCUT2D eigenvalue weighted by molar-refractivity contribution is 0.00578. The summed E-state index contributed by atoms with van der Waals surface area (Å²) >= 11 is 0. The summed E-state index contributed by atoms with van der Waals surface area (Å²) in [5, 5.41) is 0. The van der Waals surface area contributed by atoms with Crippen molar-refractivity contribution in [3.05, 3.63) is 0 Å². The highest BCUT2D eigenvalue weighted by Crippen LogP contribution is 2.37. The van der Waals surface area contributed by atoms with E-state index in [4.69, 9.17) is 15.0 Å². The molecule has 1 atom stereocenters. The van der Waals surface area contributed by atoms with E-state index in [2.05, 4.69) is 0 Å². The molecule has 1 unspecified atom stereocenters. The zero-order chi connectivity index (χ0) is 11.9. The summed E-state index contributed by atoms with van der Waals surface area (Å²) in [4.78, 5) is 0. The van der Waals surface area contributed by atoms with Crippen LogP contribution in [0.5, 0.6) is 0 Å². The quantitative estimate of drug-likeness (QED) is 0.736. The van der Waals surface area contributed by atoms with Crippen LogP contribution in [0.15, 0.2) is 0 Å². The number of hydrogen-bond donors (Lipinski definition) is 1. The lowest BCUT2D eigenvalue weighted by atomic mass is 9.77. The summed E-state index contributed by atoms with van der Waals surface area (Å²) in [5.74, 6) is -0.786. The third-order valence-corrected chi connectivity index (χ3v) is 3.07. The predicted octanol–water partition coefficient (Wildman–Crippen LogP) is 1.60. The highest BCUT2D eigenvalue weighted by molar-refractivity contribution is 6.47. The zero-order valence-electron chi connectivity index (χ0n) is 9.59. The Kier molecular flexibility index (Phi) is 3.43. The molecular weight excluding hydrogens is 203 g/mol. The van der Waals surface area contributed by atoms with Crippen LogP contribution in [0.3, 0.4) is 0 Å². The Balaban J connectivity index is 2.62. The summed E-state index contributed by atoms with van der Waals surface area (Å²) in [7, 11) is -0.746. The smallest absolute Gasteiger partial charge is 0.402 e. The van der Waals surface area contributed by atoms with E-state index in [1.165, 1.54) is 0 Å². The zero-order valence-corrected chi connectivity index (χ0v) is 9.59. The molecule has 3 nitrogen and oxygen atoms in total. The van der Waals surface area contributed by atoms with Gasteiger partial charge in [-0.15, -0.1) is 0 Å². The van der Waals surface area contributed by atoms with Gasteiger partial charge in [0.1, 0.15) is 0 Å². The van der Waals surface area contributed by atoms with Crippen molar-refractivity contribution >= 4 is 7.12 Å². The number of alkyl halides is 2. The van der Waals surface area contributed by atoms with Crippen LogP contribution in [0.25, 0.3) is 0 Å². The molecule has 2 N–H and O–H groups in total. The summed E-state index contributed by atoms with van der Waals surface area (Å²) in [6.07, 6.45) is -2.84. The summed E-state index contributed by atoms with van der Waals surface area (Å²) < 4.78 is 35.4. The van der Waals surface area contributed by atoms with Crippen LogP contribution in [0.2, 0.25) is 0 Å². The molecule has 0 aromatic rings. The minimum atomic E-state index is -2.43. The van der Waals surface area contributed by atoms with Gasteiger partial charge in [-0.05, 0) is 27.7 Å². The largest absolute Gasteiger partial charge is 0.475 e. The molecule has 1 heterocycles. The minimum Gasteiger partial charge on any atom is -0.402 e. The topological polar surface area (TPSA) is 44.5 Å². The van der Waals surface area contributed by atoms with Gasteiger partial charge in [-0.1, -0.05) is 0 Å². The molecule has 1 rings (SSSR count). The maximum absolute atomic E-state index is 12.1. The van der Waals surface area contributed by atoms with Crippen molar-refractivity contribution in [2.45, 2.75) is 57.7 Å². The van der Waals surface area contributed by atoms with Crippen LogP contribution < -0.4 is 5.73 Å². The Morgan fingerprint density at radius 1 is 1.13 bits per heavy atom. The van der Waals surface area contributed by atoms with Crippen LogP contribution in [0.4, 0.5) is 8.78 Å². The molecule has 6 heteroatoms. The highest BCUT2D eigenvalue weighted by Gasteiger charge is 2.53. The molecular formula is C9H18BF2NO2. The van der Waals surface area contributed by atoms with Crippen molar-refractivity contribution in [2.75, 3.05) is 0 Å². The average molecular weight is 221 g/mol. The van der Waals surface area contributed by atoms with Gasteiger partial charge in [-0.3, -0.25) is 0 Å². The van der Waals surface area contributed by atoms with Crippen molar-refractivity contribution in [1.29, 1.82) is 0 Å². The van der Waals surface area contributed by atoms with E-state index in [-0.39, 0.29) is 0 Å². The van der Waals surface area contributed by atoms with Gasteiger partial charge in [-0.25, -0.2) is 8.78 Å². The van der Waals surface area contributed by atoms with E-state index < -0.39 is 37.1 Å². The van der Waals surface area contributed by atoms with E-state index in [1.807, 2.05) is 27.7 Å². The van der Waals surface area contributed by atoms with Gasteiger partial charge in [0.25, 0.3) is 0 Å².